The molecule has 2 aliphatic heterocycles. The Kier molecular flexibility index (Phi) is 6.87. The second-order valence-electron chi connectivity index (χ2n) is 7.86. The van der Waals surface area contributed by atoms with Crippen molar-refractivity contribution in [3.8, 4) is 5.75 Å². The number of hydrogen-bond donors (Lipinski definition) is 0. The Morgan fingerprint density at radius 1 is 1.10 bits per heavy atom. The first kappa shape index (κ1) is 20.7. The minimum absolute atomic E-state index is 0.00235. The molecule has 0 bridgehead atoms. The van der Waals surface area contributed by atoms with Crippen molar-refractivity contribution < 1.29 is 19.0 Å². The molecule has 0 N–H and O–H groups in total. The molecule has 2 aromatic rings. The van der Waals surface area contributed by atoms with Crippen molar-refractivity contribution in [2.75, 3.05) is 51.5 Å². The van der Waals surface area contributed by atoms with Crippen LogP contribution in [0.3, 0.4) is 0 Å². The summed E-state index contributed by atoms with van der Waals surface area (Å²) in [6, 6.07) is 15.7. The number of benzene rings is 2. The Labute approximate surface area is 178 Å². The zero-order valence-electron chi connectivity index (χ0n) is 17.6. The highest BCUT2D eigenvalue weighted by molar-refractivity contribution is 5.94. The monoisotopic (exact) mass is 410 g/mol. The number of carbonyl (C=O) groups is 1. The Morgan fingerprint density at radius 3 is 2.60 bits per heavy atom. The fraction of sp³-hybridized carbons (Fsp3) is 0.458. The van der Waals surface area contributed by atoms with Gasteiger partial charge >= 0.3 is 0 Å². The minimum Gasteiger partial charge on any atom is -0.491 e. The van der Waals surface area contributed by atoms with Crippen molar-refractivity contribution in [1.29, 1.82) is 0 Å². The van der Waals surface area contributed by atoms with Gasteiger partial charge in [-0.25, -0.2) is 0 Å². The molecule has 1 unspecified atom stereocenters. The fourth-order valence-corrected chi connectivity index (χ4v) is 3.96. The number of para-hydroxylation sites is 1. The molecule has 2 fully saturated rings. The van der Waals surface area contributed by atoms with Gasteiger partial charge in [0.1, 0.15) is 12.4 Å². The molecule has 0 radical (unpaired) electrons. The number of rotatable bonds is 7. The molecule has 2 saturated heterocycles. The smallest absolute Gasteiger partial charge is 0.253 e. The Balaban J connectivity index is 1.36. The number of anilines is 1. The van der Waals surface area contributed by atoms with Gasteiger partial charge in [0, 0.05) is 44.5 Å². The van der Waals surface area contributed by atoms with Crippen LogP contribution < -0.4 is 9.64 Å². The van der Waals surface area contributed by atoms with Crippen LogP contribution in [0.5, 0.6) is 5.75 Å². The zero-order valence-corrected chi connectivity index (χ0v) is 17.6. The molecular weight excluding hydrogens is 380 g/mol. The first-order valence-electron chi connectivity index (χ1n) is 10.7. The van der Waals surface area contributed by atoms with Crippen molar-refractivity contribution in [1.82, 2.24) is 4.90 Å². The van der Waals surface area contributed by atoms with E-state index in [1.54, 1.807) is 4.90 Å². The first-order chi connectivity index (χ1) is 14.7. The Morgan fingerprint density at radius 2 is 1.87 bits per heavy atom. The lowest BCUT2D eigenvalue weighted by atomic mass is 10.1. The summed E-state index contributed by atoms with van der Waals surface area (Å²) in [5.74, 6) is 0.764. The molecule has 1 amide bonds. The van der Waals surface area contributed by atoms with E-state index >= 15 is 0 Å². The van der Waals surface area contributed by atoms with E-state index in [2.05, 4.69) is 17.0 Å². The number of carbonyl (C=O) groups excluding carboxylic acids is 1. The van der Waals surface area contributed by atoms with Crippen molar-refractivity contribution >= 4 is 11.6 Å². The summed E-state index contributed by atoms with van der Waals surface area (Å²) in [5.41, 5.74) is 2.98. The summed E-state index contributed by atoms with van der Waals surface area (Å²) in [5, 5.41) is 0. The Bertz CT molecular complexity index is 827. The van der Waals surface area contributed by atoms with Crippen molar-refractivity contribution in [3.63, 3.8) is 0 Å². The highest BCUT2D eigenvalue weighted by Crippen LogP contribution is 2.24. The topological polar surface area (TPSA) is 51.2 Å². The number of ether oxygens (including phenoxy) is 3. The van der Waals surface area contributed by atoms with Crippen LogP contribution in [-0.2, 0) is 16.0 Å². The molecule has 6 heteroatoms. The standard InChI is InChI=1S/C24H30N2O4/c1-25(17-20-5-2-3-7-23(20)26-12-15-28-16-13-26)24(27)19-8-10-21(11-9-19)30-18-22-6-4-14-29-22/h2-3,5,7-11,22H,4,6,12-18H2,1H3. The molecule has 2 aliphatic rings. The van der Waals surface area contributed by atoms with Crippen LogP contribution in [0.1, 0.15) is 28.8 Å². The highest BCUT2D eigenvalue weighted by Gasteiger charge is 2.19. The van der Waals surface area contributed by atoms with Crippen LogP contribution in [-0.4, -0.2) is 63.5 Å². The zero-order chi connectivity index (χ0) is 20.8. The number of morpholine rings is 1. The van der Waals surface area contributed by atoms with Crippen molar-refractivity contribution in [2.45, 2.75) is 25.5 Å². The van der Waals surface area contributed by atoms with Gasteiger partial charge in [-0.05, 0) is 48.7 Å². The largest absolute Gasteiger partial charge is 0.491 e. The summed E-state index contributed by atoms with van der Waals surface area (Å²) >= 11 is 0. The van der Waals surface area contributed by atoms with Gasteiger partial charge in [-0.3, -0.25) is 4.79 Å². The molecule has 2 heterocycles. The van der Waals surface area contributed by atoms with Crippen LogP contribution in [0.4, 0.5) is 5.69 Å². The van der Waals surface area contributed by atoms with E-state index in [1.165, 1.54) is 5.69 Å². The van der Waals surface area contributed by atoms with Crippen LogP contribution in [0, 0.1) is 0 Å². The third-order valence-electron chi connectivity index (χ3n) is 5.66. The second kappa shape index (κ2) is 9.96. The summed E-state index contributed by atoms with van der Waals surface area (Å²) < 4.78 is 16.9. The van der Waals surface area contributed by atoms with E-state index in [-0.39, 0.29) is 12.0 Å². The maximum Gasteiger partial charge on any atom is 0.253 e. The highest BCUT2D eigenvalue weighted by atomic mass is 16.5. The molecule has 2 aromatic carbocycles. The average Bonchev–Trinajstić information content (AvgIpc) is 3.32. The molecule has 0 spiro atoms. The fourth-order valence-electron chi connectivity index (χ4n) is 3.96. The molecule has 160 valence electrons. The lowest BCUT2D eigenvalue weighted by molar-refractivity contribution is 0.0679. The Hall–Kier alpha value is -2.57. The molecule has 4 rings (SSSR count). The molecule has 30 heavy (non-hydrogen) atoms. The predicted molar refractivity (Wildman–Crippen MR) is 116 cm³/mol. The molecule has 6 nitrogen and oxygen atoms in total. The van der Waals surface area contributed by atoms with Crippen LogP contribution in [0.2, 0.25) is 0 Å². The van der Waals surface area contributed by atoms with Crippen LogP contribution >= 0.6 is 0 Å². The van der Waals surface area contributed by atoms with Gasteiger partial charge in [0.2, 0.25) is 0 Å². The SMILES string of the molecule is CN(Cc1ccccc1N1CCOCC1)C(=O)c1ccc(OCC2CCCO2)cc1. The molecule has 0 aromatic heterocycles. The van der Waals surface area contributed by atoms with Crippen LogP contribution in [0.15, 0.2) is 48.5 Å². The van der Waals surface area contributed by atoms with Crippen LogP contribution in [0.25, 0.3) is 0 Å². The third-order valence-corrected chi connectivity index (χ3v) is 5.66. The second-order valence-corrected chi connectivity index (χ2v) is 7.86. The summed E-state index contributed by atoms with van der Waals surface area (Å²) in [7, 11) is 1.85. The van der Waals surface area contributed by atoms with Gasteiger partial charge in [0.15, 0.2) is 0 Å². The lowest BCUT2D eigenvalue weighted by Crippen LogP contribution is -2.37. The van der Waals surface area contributed by atoms with Gasteiger partial charge < -0.3 is 24.0 Å². The van der Waals surface area contributed by atoms with Crippen molar-refractivity contribution in [3.05, 3.63) is 59.7 Å². The minimum atomic E-state index is -0.00235. The van der Waals surface area contributed by atoms with E-state index < -0.39 is 0 Å². The number of nitrogens with zero attached hydrogens (tertiary/aromatic N) is 2. The van der Waals surface area contributed by atoms with Gasteiger partial charge in [0.25, 0.3) is 5.91 Å². The van der Waals surface area contributed by atoms with Gasteiger partial charge in [0.05, 0.1) is 19.3 Å². The predicted octanol–water partition coefficient (Wildman–Crippen LogP) is 3.35. The maximum atomic E-state index is 12.9. The van der Waals surface area contributed by atoms with E-state index in [9.17, 15) is 4.79 Å². The van der Waals surface area contributed by atoms with Crippen molar-refractivity contribution in [2.24, 2.45) is 0 Å². The quantitative estimate of drug-likeness (QED) is 0.701. The summed E-state index contributed by atoms with van der Waals surface area (Å²) in [6.07, 6.45) is 2.33. The summed E-state index contributed by atoms with van der Waals surface area (Å²) in [6.45, 7) is 5.18. The third kappa shape index (κ3) is 5.12. The van der Waals surface area contributed by atoms with E-state index in [0.29, 0.717) is 18.7 Å². The first-order valence-corrected chi connectivity index (χ1v) is 10.7. The number of hydrogen-bond acceptors (Lipinski definition) is 5. The lowest BCUT2D eigenvalue weighted by Gasteiger charge is -2.31. The number of amides is 1. The molecular formula is C24H30N2O4. The van der Waals surface area contributed by atoms with Gasteiger partial charge in [-0.1, -0.05) is 18.2 Å². The normalized spacial score (nSPS) is 19.0. The van der Waals surface area contributed by atoms with Gasteiger partial charge in [-0.15, -0.1) is 0 Å². The molecule has 0 saturated carbocycles. The van der Waals surface area contributed by atoms with Gasteiger partial charge in [-0.2, -0.15) is 0 Å². The maximum absolute atomic E-state index is 12.9. The average molecular weight is 411 g/mol. The summed E-state index contributed by atoms with van der Waals surface area (Å²) in [4.78, 5) is 17.0. The molecule has 0 aliphatic carbocycles. The molecule has 1 atom stereocenters. The van der Waals surface area contributed by atoms with E-state index in [0.717, 1.165) is 57.1 Å². The van der Waals surface area contributed by atoms with E-state index in [1.807, 2.05) is 43.4 Å². The van der Waals surface area contributed by atoms with E-state index in [4.69, 9.17) is 14.2 Å².